The fourth-order valence-corrected chi connectivity index (χ4v) is 4.36. The van der Waals surface area contributed by atoms with E-state index in [2.05, 4.69) is 4.98 Å². The fourth-order valence-electron chi connectivity index (χ4n) is 3.25. The van der Waals surface area contributed by atoms with Crippen molar-refractivity contribution in [1.82, 2.24) is 4.98 Å². The zero-order valence-corrected chi connectivity index (χ0v) is 18.6. The summed E-state index contributed by atoms with van der Waals surface area (Å²) in [5.41, 5.74) is 0.0366. The Bertz CT molecular complexity index is 1480. The van der Waals surface area contributed by atoms with E-state index in [0.29, 0.717) is 46.4 Å². The molecule has 1 N–H and O–H groups in total. The summed E-state index contributed by atoms with van der Waals surface area (Å²) in [6.07, 6.45) is 1.48. The van der Waals surface area contributed by atoms with Gasteiger partial charge in [0.15, 0.2) is 17.3 Å². The average molecular weight is 490 g/mol. The normalized spacial score (nSPS) is 11.3. The van der Waals surface area contributed by atoms with Crippen molar-refractivity contribution in [3.8, 4) is 23.0 Å². The van der Waals surface area contributed by atoms with Gasteiger partial charge in [-0.3, -0.25) is 9.71 Å². The Morgan fingerprint density at radius 3 is 2.24 bits per heavy atom. The predicted octanol–water partition coefficient (Wildman–Crippen LogP) is 5.26. The SMILES string of the molecule is COc1ccc2c(Oc3ccc(NS(=O)(=O)c4cc(F)cc(F)c4)c(F)c3)ccnc2c1OC. The van der Waals surface area contributed by atoms with Crippen LogP contribution >= 0.6 is 0 Å². The van der Waals surface area contributed by atoms with Crippen molar-refractivity contribution < 1.29 is 35.8 Å². The minimum Gasteiger partial charge on any atom is -0.493 e. The zero-order chi connectivity index (χ0) is 24.5. The summed E-state index contributed by atoms with van der Waals surface area (Å²) in [5.74, 6) is -1.84. The Hall–Kier alpha value is -3.99. The van der Waals surface area contributed by atoms with Crippen LogP contribution in [0.1, 0.15) is 0 Å². The molecule has 0 radical (unpaired) electrons. The van der Waals surface area contributed by atoms with Gasteiger partial charge in [0, 0.05) is 23.7 Å². The summed E-state index contributed by atoms with van der Waals surface area (Å²) in [7, 11) is -1.48. The van der Waals surface area contributed by atoms with E-state index < -0.39 is 38.1 Å². The van der Waals surface area contributed by atoms with Crippen molar-refractivity contribution in [2.24, 2.45) is 0 Å². The summed E-state index contributed by atoms with van der Waals surface area (Å²) < 4.78 is 84.7. The summed E-state index contributed by atoms with van der Waals surface area (Å²) in [6, 6.07) is 10.2. The number of pyridine rings is 1. The molecule has 11 heteroatoms. The van der Waals surface area contributed by atoms with Crippen molar-refractivity contribution in [2.45, 2.75) is 4.90 Å². The molecule has 0 bridgehead atoms. The molecule has 0 spiro atoms. The second-order valence-corrected chi connectivity index (χ2v) is 8.64. The van der Waals surface area contributed by atoms with Crippen molar-refractivity contribution in [3.63, 3.8) is 0 Å². The third-order valence-corrected chi connectivity index (χ3v) is 6.12. The van der Waals surface area contributed by atoms with Crippen LogP contribution in [0, 0.1) is 17.5 Å². The number of benzene rings is 3. The third-order valence-electron chi connectivity index (χ3n) is 4.77. The van der Waals surface area contributed by atoms with Crippen LogP contribution in [0.2, 0.25) is 0 Å². The lowest BCUT2D eigenvalue weighted by Crippen LogP contribution is -2.14. The van der Waals surface area contributed by atoms with Crippen LogP contribution in [-0.4, -0.2) is 27.6 Å². The number of sulfonamides is 1. The number of aromatic nitrogens is 1. The molecule has 1 aromatic heterocycles. The molecule has 3 aromatic carbocycles. The van der Waals surface area contributed by atoms with Gasteiger partial charge in [-0.05, 0) is 42.5 Å². The Kier molecular flexibility index (Phi) is 6.20. The largest absolute Gasteiger partial charge is 0.493 e. The highest BCUT2D eigenvalue weighted by molar-refractivity contribution is 7.92. The predicted molar refractivity (Wildman–Crippen MR) is 118 cm³/mol. The Balaban J connectivity index is 1.63. The highest BCUT2D eigenvalue weighted by atomic mass is 32.2. The van der Waals surface area contributed by atoms with Crippen LogP contribution in [0.4, 0.5) is 18.9 Å². The van der Waals surface area contributed by atoms with Gasteiger partial charge in [0.25, 0.3) is 10.0 Å². The van der Waals surface area contributed by atoms with Crippen molar-refractivity contribution in [1.29, 1.82) is 0 Å². The molecule has 7 nitrogen and oxygen atoms in total. The molecule has 176 valence electrons. The van der Waals surface area contributed by atoms with Gasteiger partial charge in [-0.15, -0.1) is 0 Å². The molecule has 0 saturated heterocycles. The molecular weight excluding hydrogens is 473 g/mol. The number of rotatable bonds is 7. The van der Waals surface area contributed by atoms with Crippen molar-refractivity contribution in [3.05, 3.63) is 78.2 Å². The van der Waals surface area contributed by atoms with E-state index in [1.54, 1.807) is 18.2 Å². The maximum Gasteiger partial charge on any atom is 0.262 e. The smallest absolute Gasteiger partial charge is 0.262 e. The molecule has 0 aliphatic carbocycles. The maximum absolute atomic E-state index is 14.7. The monoisotopic (exact) mass is 490 g/mol. The van der Waals surface area contributed by atoms with Crippen LogP contribution in [0.15, 0.2) is 65.7 Å². The molecule has 4 aromatic rings. The second kappa shape index (κ2) is 9.10. The maximum atomic E-state index is 14.7. The Morgan fingerprint density at radius 2 is 1.59 bits per heavy atom. The quantitative estimate of drug-likeness (QED) is 0.380. The first-order valence-corrected chi connectivity index (χ1v) is 11.2. The molecule has 0 saturated carbocycles. The van der Waals surface area contributed by atoms with Crippen molar-refractivity contribution >= 4 is 26.6 Å². The number of halogens is 3. The number of fused-ring (bicyclic) bond motifs is 1. The van der Waals surface area contributed by atoms with E-state index in [-0.39, 0.29) is 5.75 Å². The van der Waals surface area contributed by atoms with E-state index in [0.717, 1.165) is 12.1 Å². The molecule has 0 atom stereocenters. The minimum absolute atomic E-state index is 0.0690. The van der Waals surface area contributed by atoms with Crippen LogP contribution in [0.5, 0.6) is 23.0 Å². The first kappa shape index (κ1) is 23.2. The summed E-state index contributed by atoms with van der Waals surface area (Å²) in [6.45, 7) is 0. The number of anilines is 1. The van der Waals surface area contributed by atoms with Crippen LogP contribution < -0.4 is 18.9 Å². The zero-order valence-electron chi connectivity index (χ0n) is 17.8. The lowest BCUT2D eigenvalue weighted by molar-refractivity contribution is 0.358. The van der Waals surface area contributed by atoms with Gasteiger partial charge in [-0.2, -0.15) is 0 Å². The lowest BCUT2D eigenvalue weighted by Gasteiger charge is -2.14. The van der Waals surface area contributed by atoms with Gasteiger partial charge < -0.3 is 14.2 Å². The Labute approximate surface area is 192 Å². The average Bonchev–Trinajstić information content (AvgIpc) is 2.79. The number of nitrogens with one attached hydrogen (secondary N) is 1. The van der Waals surface area contributed by atoms with E-state index in [4.69, 9.17) is 14.2 Å². The van der Waals surface area contributed by atoms with Gasteiger partial charge >= 0.3 is 0 Å². The van der Waals surface area contributed by atoms with Crippen LogP contribution in [-0.2, 0) is 10.0 Å². The molecule has 0 fully saturated rings. The number of hydrogen-bond acceptors (Lipinski definition) is 6. The fraction of sp³-hybridized carbons (Fsp3) is 0.0870. The van der Waals surface area contributed by atoms with Crippen LogP contribution in [0.3, 0.4) is 0 Å². The minimum atomic E-state index is -4.44. The highest BCUT2D eigenvalue weighted by Crippen LogP contribution is 2.39. The summed E-state index contributed by atoms with van der Waals surface area (Å²) >= 11 is 0. The van der Waals surface area contributed by atoms with Crippen LogP contribution in [0.25, 0.3) is 10.9 Å². The van der Waals surface area contributed by atoms with Gasteiger partial charge in [0.2, 0.25) is 0 Å². The molecule has 0 unspecified atom stereocenters. The van der Waals surface area contributed by atoms with Crippen molar-refractivity contribution in [2.75, 3.05) is 18.9 Å². The number of hydrogen-bond donors (Lipinski definition) is 1. The molecular formula is C23H17F3N2O5S. The lowest BCUT2D eigenvalue weighted by atomic mass is 10.1. The summed E-state index contributed by atoms with van der Waals surface area (Å²) in [5, 5.41) is 0.568. The first-order chi connectivity index (χ1) is 16.2. The van der Waals surface area contributed by atoms with E-state index >= 15 is 0 Å². The van der Waals surface area contributed by atoms with E-state index in [1.165, 1.54) is 26.5 Å². The standard InChI is InChI=1S/C23H17F3N2O5S/c1-31-21-6-4-17-20(7-8-27-22(17)23(21)32-2)33-15-3-5-19(18(26)12-15)28-34(29,30)16-10-13(24)9-14(25)11-16/h3-12,28H,1-2H3. The number of nitrogens with zero attached hydrogens (tertiary/aromatic N) is 1. The molecule has 0 aliphatic rings. The molecule has 1 heterocycles. The molecule has 0 amide bonds. The van der Waals surface area contributed by atoms with E-state index in [9.17, 15) is 21.6 Å². The van der Waals surface area contributed by atoms with Gasteiger partial charge in [0.05, 0.1) is 24.8 Å². The van der Waals surface area contributed by atoms with Gasteiger partial charge in [0.1, 0.15) is 28.7 Å². The van der Waals surface area contributed by atoms with Gasteiger partial charge in [-0.1, -0.05) is 0 Å². The van der Waals surface area contributed by atoms with Gasteiger partial charge in [-0.25, -0.2) is 21.6 Å². The first-order valence-electron chi connectivity index (χ1n) is 9.68. The second-order valence-electron chi connectivity index (χ2n) is 6.96. The van der Waals surface area contributed by atoms with E-state index in [1.807, 2.05) is 4.72 Å². The molecule has 0 aliphatic heterocycles. The topological polar surface area (TPSA) is 86.8 Å². The number of methoxy groups -OCH3 is 2. The molecule has 34 heavy (non-hydrogen) atoms. The molecule has 4 rings (SSSR count). The third kappa shape index (κ3) is 4.55. The summed E-state index contributed by atoms with van der Waals surface area (Å²) in [4.78, 5) is 3.60. The highest BCUT2D eigenvalue weighted by Gasteiger charge is 2.19. The number of ether oxygens (including phenoxy) is 3. The Morgan fingerprint density at radius 1 is 0.853 bits per heavy atom.